The van der Waals surface area contributed by atoms with Crippen LogP contribution in [0.5, 0.6) is 0 Å². The number of thiazole rings is 1. The van der Waals surface area contributed by atoms with Gasteiger partial charge in [-0.05, 0) is 31.0 Å². The van der Waals surface area contributed by atoms with Crippen molar-refractivity contribution in [2.75, 3.05) is 36.8 Å². The van der Waals surface area contributed by atoms with E-state index in [4.69, 9.17) is 5.73 Å². The molecule has 1 aromatic carbocycles. The maximum Gasteiger partial charge on any atom is 0.225 e. The molecule has 0 atom stereocenters. The van der Waals surface area contributed by atoms with Crippen molar-refractivity contribution in [2.45, 2.75) is 12.8 Å². The molecule has 1 saturated heterocycles. The number of rotatable bonds is 2. The molecule has 0 bridgehead atoms. The molecule has 1 aromatic heterocycles. The van der Waals surface area contributed by atoms with E-state index in [-0.39, 0.29) is 0 Å². The van der Waals surface area contributed by atoms with Crippen molar-refractivity contribution in [3.63, 3.8) is 0 Å². The topological polar surface area (TPSA) is 62.5 Å². The van der Waals surface area contributed by atoms with E-state index in [0.717, 1.165) is 49.2 Å². The maximum absolute atomic E-state index is 12.1. The number of nitrogens with zero attached hydrogens (tertiary/aromatic N) is 3. The summed E-state index contributed by atoms with van der Waals surface area (Å²) in [7, 11) is 0. The van der Waals surface area contributed by atoms with E-state index in [1.165, 1.54) is 17.0 Å². The summed E-state index contributed by atoms with van der Waals surface area (Å²) in [6.07, 6.45) is 2.17. The number of carbonyl (C=O) groups is 1. The number of aromatic nitrogens is 1. The van der Waals surface area contributed by atoms with Crippen LogP contribution in [0.15, 0.2) is 18.2 Å². The summed E-state index contributed by atoms with van der Waals surface area (Å²) < 4.78 is 1.13. The van der Waals surface area contributed by atoms with E-state index in [9.17, 15) is 4.79 Å². The lowest BCUT2D eigenvalue weighted by Crippen LogP contribution is -2.49. The van der Waals surface area contributed by atoms with Crippen LogP contribution in [0.2, 0.25) is 0 Å². The average molecular weight is 302 g/mol. The van der Waals surface area contributed by atoms with Crippen molar-refractivity contribution in [3.8, 4) is 0 Å². The molecule has 0 spiro atoms. The lowest BCUT2D eigenvalue weighted by atomic mass is 10.2. The first-order valence-electron chi connectivity index (χ1n) is 7.40. The van der Waals surface area contributed by atoms with E-state index in [1.54, 1.807) is 0 Å². The fraction of sp³-hybridized carbons (Fsp3) is 0.467. The first kappa shape index (κ1) is 12.9. The molecule has 1 aliphatic heterocycles. The number of amides is 1. The zero-order valence-electron chi connectivity index (χ0n) is 11.8. The first-order chi connectivity index (χ1) is 10.2. The van der Waals surface area contributed by atoms with Gasteiger partial charge >= 0.3 is 0 Å². The van der Waals surface area contributed by atoms with Crippen LogP contribution in [0.3, 0.4) is 0 Å². The van der Waals surface area contributed by atoms with Crippen molar-refractivity contribution in [1.82, 2.24) is 9.88 Å². The fourth-order valence-electron chi connectivity index (χ4n) is 2.90. The highest BCUT2D eigenvalue weighted by molar-refractivity contribution is 7.22. The Bertz CT molecular complexity index is 686. The zero-order chi connectivity index (χ0) is 14.4. The minimum absolute atomic E-state index is 0.327. The monoisotopic (exact) mass is 302 g/mol. The molecule has 2 heterocycles. The Kier molecular flexibility index (Phi) is 2.99. The summed E-state index contributed by atoms with van der Waals surface area (Å²) in [6.45, 7) is 3.47. The molecule has 110 valence electrons. The average Bonchev–Trinajstić information content (AvgIpc) is 3.27. The molecule has 2 aliphatic rings. The molecule has 5 nitrogen and oxygen atoms in total. The Morgan fingerprint density at radius 2 is 2.00 bits per heavy atom. The molecule has 2 N–H and O–H groups in total. The van der Waals surface area contributed by atoms with Crippen molar-refractivity contribution < 1.29 is 4.79 Å². The normalized spacial score (nSPS) is 19.2. The zero-order valence-corrected chi connectivity index (χ0v) is 12.6. The molecule has 1 saturated carbocycles. The molecule has 1 amide bonds. The van der Waals surface area contributed by atoms with Crippen molar-refractivity contribution in [3.05, 3.63) is 18.2 Å². The highest BCUT2D eigenvalue weighted by Crippen LogP contribution is 2.32. The molecule has 2 aromatic rings. The Hall–Kier alpha value is -1.82. The number of fused-ring (bicyclic) bond motifs is 1. The summed E-state index contributed by atoms with van der Waals surface area (Å²) in [5.74, 6) is 0.688. The van der Waals surface area contributed by atoms with Crippen LogP contribution in [0.25, 0.3) is 10.2 Å². The van der Waals surface area contributed by atoms with E-state index >= 15 is 0 Å². The Labute approximate surface area is 127 Å². The van der Waals surface area contributed by atoms with Gasteiger partial charge < -0.3 is 15.5 Å². The summed E-state index contributed by atoms with van der Waals surface area (Å²) in [5, 5.41) is 0.613. The second-order valence-electron chi connectivity index (χ2n) is 5.79. The van der Waals surface area contributed by atoms with Crippen LogP contribution in [0, 0.1) is 5.92 Å². The summed E-state index contributed by atoms with van der Waals surface area (Å²) in [6, 6.07) is 6.28. The minimum Gasteiger partial charge on any atom is -0.375 e. The van der Waals surface area contributed by atoms with Crippen LogP contribution < -0.4 is 10.6 Å². The van der Waals surface area contributed by atoms with Gasteiger partial charge in [-0.1, -0.05) is 11.3 Å². The summed E-state index contributed by atoms with van der Waals surface area (Å²) in [4.78, 5) is 20.7. The van der Waals surface area contributed by atoms with Gasteiger partial charge in [0.1, 0.15) is 0 Å². The van der Waals surface area contributed by atoms with Gasteiger partial charge in [-0.2, -0.15) is 0 Å². The molecule has 1 aliphatic carbocycles. The molecule has 2 fully saturated rings. The van der Waals surface area contributed by atoms with Gasteiger partial charge in [0.05, 0.1) is 10.2 Å². The van der Waals surface area contributed by atoms with Gasteiger partial charge in [-0.15, -0.1) is 0 Å². The third-order valence-electron chi connectivity index (χ3n) is 4.27. The van der Waals surface area contributed by atoms with Crippen LogP contribution in [-0.4, -0.2) is 42.0 Å². The van der Waals surface area contributed by atoms with Gasteiger partial charge in [0.25, 0.3) is 0 Å². The highest BCUT2D eigenvalue weighted by atomic mass is 32.1. The number of benzene rings is 1. The summed E-state index contributed by atoms with van der Waals surface area (Å²) in [5.41, 5.74) is 7.92. The third kappa shape index (κ3) is 2.44. The van der Waals surface area contributed by atoms with Gasteiger partial charge in [0, 0.05) is 37.8 Å². The summed E-state index contributed by atoms with van der Waals surface area (Å²) >= 11 is 1.52. The quantitative estimate of drug-likeness (QED) is 0.921. The highest BCUT2D eigenvalue weighted by Gasteiger charge is 2.34. The number of nitrogens with two attached hydrogens (primary N) is 1. The fourth-order valence-corrected chi connectivity index (χ4v) is 3.67. The SMILES string of the molecule is Nc1nc2ccc(N3CCN(C(=O)C4CC4)CC3)cc2s1. The minimum atomic E-state index is 0.327. The van der Waals surface area contributed by atoms with E-state index in [2.05, 4.69) is 22.0 Å². The standard InChI is InChI=1S/C15H18N4OS/c16-15-17-12-4-3-11(9-13(12)21-15)18-5-7-19(8-6-18)14(20)10-1-2-10/h3-4,9-10H,1-2,5-8H2,(H2,16,17). The van der Waals surface area contributed by atoms with Gasteiger partial charge in [-0.3, -0.25) is 4.79 Å². The Morgan fingerprint density at radius 3 is 2.71 bits per heavy atom. The van der Waals surface area contributed by atoms with Crippen molar-refractivity contribution >= 4 is 38.3 Å². The van der Waals surface area contributed by atoms with Crippen LogP contribution in [0.4, 0.5) is 10.8 Å². The lowest BCUT2D eigenvalue weighted by molar-refractivity contribution is -0.132. The molecule has 6 heteroatoms. The second-order valence-corrected chi connectivity index (χ2v) is 6.85. The van der Waals surface area contributed by atoms with Gasteiger partial charge in [-0.25, -0.2) is 4.98 Å². The molecule has 21 heavy (non-hydrogen) atoms. The predicted molar refractivity (Wildman–Crippen MR) is 85.5 cm³/mol. The lowest BCUT2D eigenvalue weighted by Gasteiger charge is -2.36. The van der Waals surface area contributed by atoms with E-state index < -0.39 is 0 Å². The van der Waals surface area contributed by atoms with Gasteiger partial charge in [0.2, 0.25) is 5.91 Å². The van der Waals surface area contributed by atoms with Crippen molar-refractivity contribution in [1.29, 1.82) is 0 Å². The Morgan fingerprint density at radius 1 is 1.24 bits per heavy atom. The van der Waals surface area contributed by atoms with Crippen LogP contribution >= 0.6 is 11.3 Å². The predicted octanol–water partition coefficient (Wildman–Crippen LogP) is 1.94. The van der Waals surface area contributed by atoms with Crippen molar-refractivity contribution in [2.24, 2.45) is 5.92 Å². The number of carbonyl (C=O) groups excluding carboxylic acids is 1. The molecular weight excluding hydrogens is 284 g/mol. The molecule has 0 radical (unpaired) electrons. The maximum atomic E-state index is 12.1. The molecule has 0 unspecified atom stereocenters. The number of nitrogen functional groups attached to an aromatic ring is 1. The van der Waals surface area contributed by atoms with Gasteiger partial charge in [0.15, 0.2) is 5.13 Å². The number of hydrogen-bond donors (Lipinski definition) is 1. The van der Waals surface area contributed by atoms with E-state index in [0.29, 0.717) is 17.0 Å². The largest absolute Gasteiger partial charge is 0.375 e. The first-order valence-corrected chi connectivity index (χ1v) is 8.22. The third-order valence-corrected chi connectivity index (χ3v) is 5.12. The van der Waals surface area contributed by atoms with E-state index in [1.807, 2.05) is 11.0 Å². The van der Waals surface area contributed by atoms with Crippen LogP contribution in [0.1, 0.15) is 12.8 Å². The number of hydrogen-bond acceptors (Lipinski definition) is 5. The Balaban J connectivity index is 1.47. The second kappa shape index (κ2) is 4.87. The molecule has 4 rings (SSSR count). The van der Waals surface area contributed by atoms with Crippen LogP contribution in [-0.2, 0) is 4.79 Å². The smallest absolute Gasteiger partial charge is 0.225 e. The molecular formula is C15H18N4OS. The number of piperazine rings is 1. The number of anilines is 2.